The summed E-state index contributed by atoms with van der Waals surface area (Å²) in [7, 11) is 0. The maximum absolute atomic E-state index is 3.64. The van der Waals surface area contributed by atoms with E-state index < -0.39 is 0 Å². The molecule has 0 aromatic carbocycles. The maximum atomic E-state index is 3.64. The van der Waals surface area contributed by atoms with Crippen molar-refractivity contribution in [3.05, 3.63) is 11.8 Å². The molecule has 0 atom stereocenters. The average molecular weight is 149 g/mol. The molecule has 0 bridgehead atoms. The summed E-state index contributed by atoms with van der Waals surface area (Å²) in [4.78, 5) is 0. The summed E-state index contributed by atoms with van der Waals surface area (Å²) >= 11 is 0. The minimum absolute atomic E-state index is 0.387. The zero-order valence-corrected chi connectivity index (χ0v) is 5.34. The molecule has 0 aliphatic carbocycles. The summed E-state index contributed by atoms with van der Waals surface area (Å²) in [5.74, 6) is 0.387. The van der Waals surface area contributed by atoms with Gasteiger partial charge in [0.05, 0.1) is 6.21 Å². The van der Waals surface area contributed by atoms with Gasteiger partial charge in [-0.3, -0.25) is 5.43 Å². The van der Waals surface area contributed by atoms with Gasteiger partial charge < -0.3 is 0 Å². The van der Waals surface area contributed by atoms with Crippen LogP contribution < -0.4 is 5.43 Å². The molecule has 0 radical (unpaired) electrons. The van der Waals surface area contributed by atoms with Gasteiger partial charge in [0.2, 0.25) is 5.84 Å². The summed E-state index contributed by atoms with van der Waals surface area (Å²) in [5, 5.41) is 21.0. The molecule has 1 N–H and O–H groups in total. The van der Waals surface area contributed by atoms with E-state index >= 15 is 0 Å². The largest absolute Gasteiger partial charge is 0.254 e. The van der Waals surface area contributed by atoms with Gasteiger partial charge in [-0.15, -0.1) is 15.3 Å². The van der Waals surface area contributed by atoms with Crippen molar-refractivity contribution in [3.63, 3.8) is 0 Å². The van der Waals surface area contributed by atoms with E-state index in [1.807, 2.05) is 0 Å². The number of allylic oxidation sites excluding steroid dienone is 1. The highest BCUT2D eigenvalue weighted by atomic mass is 15.6. The Morgan fingerprint density at radius 1 is 1.27 bits per heavy atom. The Kier molecular flexibility index (Phi) is 1.26. The summed E-state index contributed by atoms with van der Waals surface area (Å²) < 4.78 is 0. The Bertz CT molecular complexity index is 306. The number of amidine groups is 1. The fraction of sp³-hybridized carbons (Fsp3) is 0. The summed E-state index contributed by atoms with van der Waals surface area (Å²) in [6.45, 7) is 0. The van der Waals surface area contributed by atoms with Crippen LogP contribution in [-0.2, 0) is 0 Å². The van der Waals surface area contributed by atoms with E-state index in [2.05, 4.69) is 36.4 Å². The molecule has 0 unspecified atom stereocenters. The monoisotopic (exact) mass is 149 g/mol. The van der Waals surface area contributed by atoms with E-state index in [4.69, 9.17) is 0 Å². The second kappa shape index (κ2) is 2.37. The number of nitrogens with one attached hydrogen (secondary N) is 1. The zero-order valence-electron chi connectivity index (χ0n) is 5.34. The highest BCUT2D eigenvalue weighted by Crippen LogP contribution is 2.04. The standard InChI is InChI=1S/C4H3N7/c1-2-5-9-7-4-3(1)6-10-11-8-4/h1-2H,(H,6,11). The highest BCUT2D eigenvalue weighted by Gasteiger charge is 2.09. The molecule has 7 heteroatoms. The van der Waals surface area contributed by atoms with Crippen LogP contribution in [0.1, 0.15) is 0 Å². The van der Waals surface area contributed by atoms with Gasteiger partial charge in [0, 0.05) is 0 Å². The maximum Gasteiger partial charge on any atom is 0.224 e. The van der Waals surface area contributed by atoms with Crippen LogP contribution in [0, 0.1) is 0 Å². The molecule has 0 aromatic heterocycles. The van der Waals surface area contributed by atoms with Gasteiger partial charge in [0.1, 0.15) is 5.70 Å². The molecule has 2 aliphatic heterocycles. The van der Waals surface area contributed by atoms with Crippen molar-refractivity contribution in [1.29, 1.82) is 0 Å². The zero-order chi connectivity index (χ0) is 7.52. The van der Waals surface area contributed by atoms with E-state index in [0.29, 0.717) is 11.5 Å². The van der Waals surface area contributed by atoms with Crippen LogP contribution in [-0.4, -0.2) is 12.1 Å². The Hall–Kier alpha value is -1.92. The van der Waals surface area contributed by atoms with Crippen LogP contribution in [0.5, 0.6) is 0 Å². The molecular formula is C4H3N7. The van der Waals surface area contributed by atoms with E-state index in [1.165, 1.54) is 6.21 Å². The molecule has 0 spiro atoms. The molecule has 54 valence electrons. The van der Waals surface area contributed by atoms with Crippen LogP contribution in [0.15, 0.2) is 42.8 Å². The SMILES string of the molecule is C1=NN=NC2=NN=NNC2=C1. The highest BCUT2D eigenvalue weighted by molar-refractivity contribution is 6.01. The first-order valence-electron chi connectivity index (χ1n) is 2.85. The van der Waals surface area contributed by atoms with Crippen molar-refractivity contribution in [2.75, 3.05) is 0 Å². The van der Waals surface area contributed by atoms with Crippen LogP contribution in [0.3, 0.4) is 0 Å². The Morgan fingerprint density at radius 3 is 3.27 bits per heavy atom. The van der Waals surface area contributed by atoms with Gasteiger partial charge in [-0.05, 0) is 21.7 Å². The molecule has 0 aromatic rings. The third-order valence-electron chi connectivity index (χ3n) is 1.09. The minimum atomic E-state index is 0.387. The molecular weight excluding hydrogens is 146 g/mol. The van der Waals surface area contributed by atoms with Crippen LogP contribution >= 0.6 is 0 Å². The number of hydrogen-bond acceptors (Lipinski definition) is 7. The van der Waals surface area contributed by atoms with Gasteiger partial charge in [0.25, 0.3) is 0 Å². The van der Waals surface area contributed by atoms with Crippen molar-refractivity contribution in [3.8, 4) is 0 Å². The second-order valence-electron chi connectivity index (χ2n) is 1.76. The minimum Gasteiger partial charge on any atom is -0.254 e. The van der Waals surface area contributed by atoms with Gasteiger partial charge >= 0.3 is 0 Å². The number of fused-ring (bicyclic) bond motifs is 1. The van der Waals surface area contributed by atoms with Crippen molar-refractivity contribution >= 4 is 12.1 Å². The lowest BCUT2D eigenvalue weighted by Crippen LogP contribution is -2.15. The normalized spacial score (nSPS) is 19.6. The second-order valence-corrected chi connectivity index (χ2v) is 1.76. The summed E-state index contributed by atoms with van der Waals surface area (Å²) in [5.41, 5.74) is 3.25. The lowest BCUT2D eigenvalue weighted by atomic mass is 10.4. The molecule has 7 nitrogen and oxygen atoms in total. The van der Waals surface area contributed by atoms with Gasteiger partial charge in [-0.1, -0.05) is 0 Å². The third-order valence-corrected chi connectivity index (χ3v) is 1.09. The van der Waals surface area contributed by atoms with Gasteiger partial charge in [0.15, 0.2) is 0 Å². The summed E-state index contributed by atoms with van der Waals surface area (Å²) in [6.07, 6.45) is 3.16. The van der Waals surface area contributed by atoms with E-state index in [0.717, 1.165) is 0 Å². The molecule has 0 fully saturated rings. The first-order chi connectivity index (χ1) is 5.47. The lowest BCUT2D eigenvalue weighted by molar-refractivity contribution is 0.772. The van der Waals surface area contributed by atoms with Crippen molar-refractivity contribution < 1.29 is 0 Å². The molecule has 2 heterocycles. The summed E-state index contributed by atoms with van der Waals surface area (Å²) in [6, 6.07) is 0. The van der Waals surface area contributed by atoms with Gasteiger partial charge in [-0.25, -0.2) is 0 Å². The Morgan fingerprint density at radius 2 is 2.27 bits per heavy atom. The van der Waals surface area contributed by atoms with Crippen molar-refractivity contribution in [2.24, 2.45) is 31.0 Å². The number of rotatable bonds is 0. The number of nitrogens with zero attached hydrogens (tertiary/aromatic N) is 6. The van der Waals surface area contributed by atoms with E-state index in [-0.39, 0.29) is 0 Å². The first-order valence-corrected chi connectivity index (χ1v) is 2.85. The molecule has 0 saturated heterocycles. The van der Waals surface area contributed by atoms with Crippen LogP contribution in [0.2, 0.25) is 0 Å². The average Bonchev–Trinajstić information content (AvgIpc) is 2.28. The topological polar surface area (TPSA) is 86.2 Å². The fourth-order valence-electron chi connectivity index (χ4n) is 0.636. The lowest BCUT2D eigenvalue weighted by Gasteiger charge is -2.02. The third kappa shape index (κ3) is 1.02. The molecule has 0 saturated carbocycles. The van der Waals surface area contributed by atoms with Crippen molar-refractivity contribution in [2.45, 2.75) is 0 Å². The molecule has 2 rings (SSSR count). The number of hydrogen-bond donors (Lipinski definition) is 1. The van der Waals surface area contributed by atoms with Crippen LogP contribution in [0.4, 0.5) is 0 Å². The molecule has 0 amide bonds. The van der Waals surface area contributed by atoms with Crippen LogP contribution in [0.25, 0.3) is 0 Å². The van der Waals surface area contributed by atoms with E-state index in [9.17, 15) is 0 Å². The van der Waals surface area contributed by atoms with Gasteiger partial charge in [-0.2, -0.15) is 0 Å². The molecule has 2 aliphatic rings. The first kappa shape index (κ1) is 5.83. The van der Waals surface area contributed by atoms with Crippen molar-refractivity contribution in [1.82, 2.24) is 5.43 Å². The smallest absolute Gasteiger partial charge is 0.224 e. The quantitative estimate of drug-likeness (QED) is 0.537. The predicted octanol–water partition coefficient (Wildman–Crippen LogP) is 0.606. The fourth-order valence-corrected chi connectivity index (χ4v) is 0.636. The predicted molar refractivity (Wildman–Crippen MR) is 36.9 cm³/mol. The molecule has 11 heavy (non-hydrogen) atoms. The van der Waals surface area contributed by atoms with E-state index in [1.54, 1.807) is 6.08 Å². The Labute approximate surface area is 61.3 Å². The Balaban J connectivity index is 2.44.